The lowest BCUT2D eigenvalue weighted by Crippen LogP contribution is -2.45. The molecule has 1 rings (SSSR count). The van der Waals surface area contributed by atoms with Gasteiger partial charge in [-0.25, -0.2) is 0 Å². The van der Waals surface area contributed by atoms with Crippen LogP contribution in [-0.4, -0.2) is 43.7 Å². The van der Waals surface area contributed by atoms with E-state index >= 15 is 0 Å². The van der Waals surface area contributed by atoms with Gasteiger partial charge in [-0.15, -0.1) is 0 Å². The summed E-state index contributed by atoms with van der Waals surface area (Å²) in [5.74, 6) is 0.0152. The maximum atomic E-state index is 12.5. The fraction of sp³-hybridized carbons (Fsp3) is 0.533. The summed E-state index contributed by atoms with van der Waals surface area (Å²) in [7, 11) is -0.528. The van der Waals surface area contributed by atoms with E-state index < -0.39 is 10.2 Å². The third kappa shape index (κ3) is 4.43. The third-order valence-electron chi connectivity index (χ3n) is 3.99. The van der Waals surface area contributed by atoms with E-state index in [1.165, 1.54) is 15.7 Å². The second-order valence-corrected chi connectivity index (χ2v) is 7.87. The summed E-state index contributed by atoms with van der Waals surface area (Å²) in [5.41, 5.74) is 1.03. The molecule has 0 unspecified atom stereocenters. The van der Waals surface area contributed by atoms with E-state index in [2.05, 4.69) is 0 Å². The molecule has 0 spiro atoms. The number of hydrogen-bond acceptors (Lipinski definition) is 3. The van der Waals surface area contributed by atoms with Crippen LogP contribution in [-0.2, 0) is 10.2 Å². The molecule has 5 nitrogen and oxygen atoms in total. The Balaban J connectivity index is 2.89. The van der Waals surface area contributed by atoms with Crippen molar-refractivity contribution < 1.29 is 8.42 Å². The van der Waals surface area contributed by atoms with Gasteiger partial charge in [0.15, 0.2) is 0 Å². The largest absolute Gasteiger partial charge is 0.281 e. The molecule has 7 heteroatoms. The molecule has 0 aliphatic carbocycles. The predicted octanol–water partition coefficient (Wildman–Crippen LogP) is 2.85. The molecule has 0 heterocycles. The topological polar surface area (TPSA) is 64.4 Å². The van der Waals surface area contributed by atoms with Gasteiger partial charge >= 0.3 is 0 Å². The zero-order chi connectivity index (χ0) is 16.9. The van der Waals surface area contributed by atoms with Crippen LogP contribution in [0.1, 0.15) is 31.7 Å². The fourth-order valence-electron chi connectivity index (χ4n) is 2.11. The highest BCUT2D eigenvalue weighted by Gasteiger charge is 2.30. The van der Waals surface area contributed by atoms with Gasteiger partial charge in [0.1, 0.15) is 0 Å². The summed E-state index contributed by atoms with van der Waals surface area (Å²) in [4.78, 5) is 0. The maximum Gasteiger partial charge on any atom is 0.281 e. The quantitative estimate of drug-likeness (QED) is 0.764. The van der Waals surface area contributed by atoms with E-state index in [1.54, 1.807) is 19.2 Å². The lowest BCUT2D eigenvalue weighted by molar-refractivity contribution is 0.319. The van der Waals surface area contributed by atoms with Crippen LogP contribution in [0.5, 0.6) is 0 Å². The van der Waals surface area contributed by atoms with Gasteiger partial charge in [0.05, 0.1) is 6.07 Å². The Morgan fingerprint density at radius 1 is 1.23 bits per heavy atom. The van der Waals surface area contributed by atoms with Gasteiger partial charge in [0.25, 0.3) is 10.2 Å². The monoisotopic (exact) mass is 343 g/mol. The van der Waals surface area contributed by atoms with Crippen molar-refractivity contribution >= 4 is 21.8 Å². The summed E-state index contributed by atoms with van der Waals surface area (Å²) in [6.45, 7) is 4.04. The minimum Gasteiger partial charge on any atom is -0.198 e. The first-order chi connectivity index (χ1) is 10.2. The van der Waals surface area contributed by atoms with Crippen molar-refractivity contribution in [3.63, 3.8) is 0 Å². The minimum atomic E-state index is -3.58. The first-order valence-electron chi connectivity index (χ1n) is 7.03. The average molecular weight is 344 g/mol. The van der Waals surface area contributed by atoms with Crippen molar-refractivity contribution in [2.75, 3.05) is 20.6 Å². The molecule has 22 heavy (non-hydrogen) atoms. The molecule has 0 aromatic heterocycles. The van der Waals surface area contributed by atoms with Crippen molar-refractivity contribution in [3.8, 4) is 6.07 Å². The molecule has 0 N–H and O–H groups in total. The van der Waals surface area contributed by atoms with Gasteiger partial charge in [-0.2, -0.15) is 22.3 Å². The van der Waals surface area contributed by atoms with Gasteiger partial charge in [-0.05, 0) is 30.5 Å². The number of nitrogens with zero attached hydrogens (tertiary/aromatic N) is 3. The second-order valence-electron chi connectivity index (χ2n) is 5.33. The summed E-state index contributed by atoms with van der Waals surface area (Å²) >= 11 is 5.88. The van der Waals surface area contributed by atoms with Crippen LogP contribution in [0.25, 0.3) is 0 Å². The van der Waals surface area contributed by atoms with Crippen LogP contribution in [0.4, 0.5) is 0 Å². The Morgan fingerprint density at radius 2 is 1.77 bits per heavy atom. The average Bonchev–Trinajstić information content (AvgIpc) is 2.50. The summed E-state index contributed by atoms with van der Waals surface area (Å²) in [5, 5.41) is 9.25. The summed E-state index contributed by atoms with van der Waals surface area (Å²) in [6.07, 6.45) is 0.171. The molecule has 0 saturated heterocycles. The predicted molar refractivity (Wildman–Crippen MR) is 88.9 cm³/mol. The summed E-state index contributed by atoms with van der Waals surface area (Å²) in [6, 6.07) is 9.14. The van der Waals surface area contributed by atoms with E-state index in [9.17, 15) is 8.42 Å². The number of halogens is 1. The van der Waals surface area contributed by atoms with E-state index in [4.69, 9.17) is 16.9 Å². The molecule has 0 amide bonds. The Labute approximate surface area is 138 Å². The highest BCUT2D eigenvalue weighted by atomic mass is 35.5. The molecule has 0 radical (unpaired) electrons. The molecular weight excluding hydrogens is 322 g/mol. The van der Waals surface area contributed by atoms with Gasteiger partial charge in [-0.3, -0.25) is 0 Å². The lowest BCUT2D eigenvalue weighted by atomic mass is 9.95. The Hall–Kier alpha value is -1.13. The fourth-order valence-corrected chi connectivity index (χ4v) is 3.60. The van der Waals surface area contributed by atoms with Crippen LogP contribution in [0.15, 0.2) is 24.3 Å². The zero-order valence-corrected chi connectivity index (χ0v) is 14.9. The van der Waals surface area contributed by atoms with Crippen LogP contribution in [0.2, 0.25) is 5.02 Å². The molecule has 0 aliphatic rings. The number of benzene rings is 1. The highest BCUT2D eigenvalue weighted by Crippen LogP contribution is 2.25. The van der Waals surface area contributed by atoms with Crippen LogP contribution < -0.4 is 0 Å². The van der Waals surface area contributed by atoms with E-state index in [0.717, 1.165) is 5.56 Å². The smallest absolute Gasteiger partial charge is 0.198 e. The molecule has 0 aliphatic heterocycles. The van der Waals surface area contributed by atoms with Crippen molar-refractivity contribution in [1.82, 2.24) is 8.61 Å². The van der Waals surface area contributed by atoms with Crippen LogP contribution in [0.3, 0.4) is 0 Å². The molecule has 0 saturated carbocycles. The van der Waals surface area contributed by atoms with E-state index in [-0.39, 0.29) is 24.9 Å². The van der Waals surface area contributed by atoms with Gasteiger partial charge in [0.2, 0.25) is 0 Å². The number of likely N-dealkylation sites (N-methyl/N-ethyl adjacent to an activating group) is 1. The minimum absolute atomic E-state index is 0.0152. The Bertz CT molecular complexity index is 625. The molecule has 0 bridgehead atoms. The van der Waals surface area contributed by atoms with E-state index in [1.807, 2.05) is 32.0 Å². The molecule has 1 aromatic carbocycles. The first-order valence-corrected chi connectivity index (χ1v) is 8.81. The molecule has 122 valence electrons. The molecule has 2 atom stereocenters. The van der Waals surface area contributed by atoms with Gasteiger partial charge in [0, 0.05) is 38.1 Å². The Kier molecular flexibility index (Phi) is 6.82. The van der Waals surface area contributed by atoms with E-state index in [0.29, 0.717) is 5.02 Å². The van der Waals surface area contributed by atoms with Crippen LogP contribution in [0, 0.1) is 11.3 Å². The first kappa shape index (κ1) is 18.9. The van der Waals surface area contributed by atoms with Crippen LogP contribution >= 0.6 is 11.6 Å². The standard InChI is InChI=1S/C15H22ClN3O2S/c1-12(14-6-8-15(16)9-7-14)13(2)19(4)22(20,21)18(3)11-5-10-17/h6-9,12-13H,5,11H2,1-4H3/t12-,13-/m1/s1. The lowest BCUT2D eigenvalue weighted by Gasteiger charge is -2.32. The SMILES string of the molecule is C[C@H]([C@@H](C)c1ccc(Cl)cc1)N(C)S(=O)(=O)N(C)CCC#N. The normalized spacial score (nSPS) is 14.8. The molecule has 1 aromatic rings. The Morgan fingerprint density at radius 3 is 2.27 bits per heavy atom. The summed E-state index contributed by atoms with van der Waals surface area (Å²) < 4.78 is 27.5. The zero-order valence-electron chi connectivity index (χ0n) is 13.3. The van der Waals surface area contributed by atoms with Gasteiger partial charge < -0.3 is 0 Å². The maximum absolute atomic E-state index is 12.5. The highest BCUT2D eigenvalue weighted by molar-refractivity contribution is 7.86. The molecular formula is C15H22ClN3O2S. The second kappa shape index (κ2) is 7.93. The number of rotatable bonds is 7. The van der Waals surface area contributed by atoms with Crippen molar-refractivity contribution in [2.24, 2.45) is 0 Å². The number of hydrogen-bond donors (Lipinski definition) is 0. The molecule has 0 fully saturated rings. The number of nitriles is 1. The van der Waals surface area contributed by atoms with Gasteiger partial charge in [-0.1, -0.05) is 30.7 Å². The third-order valence-corrected chi connectivity index (χ3v) is 6.27. The van der Waals surface area contributed by atoms with Crippen molar-refractivity contribution in [2.45, 2.75) is 32.2 Å². The van der Waals surface area contributed by atoms with Crippen molar-refractivity contribution in [3.05, 3.63) is 34.9 Å². The van der Waals surface area contributed by atoms with Crippen molar-refractivity contribution in [1.29, 1.82) is 5.26 Å².